The lowest BCUT2D eigenvalue weighted by Crippen LogP contribution is -2.30. The van der Waals surface area contributed by atoms with E-state index in [1.165, 1.54) is 0 Å². The second-order valence-corrected chi connectivity index (χ2v) is 4.80. The standard InChI is InChI=1S/C17H19NO3/c1-12-6-4-7-14(10-12)18-17(19)13(2)21-16-9-5-8-15(11-16)20-3/h4-11,13H,1-3H3,(H,18,19)/t13-/m1/s1. The van der Waals surface area contributed by atoms with Crippen molar-refractivity contribution in [2.75, 3.05) is 12.4 Å². The highest BCUT2D eigenvalue weighted by atomic mass is 16.5. The lowest BCUT2D eigenvalue weighted by molar-refractivity contribution is -0.122. The molecular formula is C17H19NO3. The van der Waals surface area contributed by atoms with Crippen LogP contribution in [0.3, 0.4) is 0 Å². The molecule has 110 valence electrons. The van der Waals surface area contributed by atoms with E-state index in [4.69, 9.17) is 9.47 Å². The number of hydrogen-bond acceptors (Lipinski definition) is 3. The largest absolute Gasteiger partial charge is 0.497 e. The number of carbonyl (C=O) groups excluding carboxylic acids is 1. The fourth-order valence-corrected chi connectivity index (χ4v) is 1.90. The maximum atomic E-state index is 12.1. The van der Waals surface area contributed by atoms with Gasteiger partial charge in [-0.2, -0.15) is 0 Å². The molecule has 0 aliphatic rings. The molecule has 2 aromatic carbocycles. The minimum atomic E-state index is -0.599. The van der Waals surface area contributed by atoms with Crippen molar-refractivity contribution in [1.82, 2.24) is 0 Å². The van der Waals surface area contributed by atoms with Crippen LogP contribution in [0.1, 0.15) is 12.5 Å². The second kappa shape index (κ2) is 6.79. The van der Waals surface area contributed by atoms with Gasteiger partial charge in [0.2, 0.25) is 0 Å². The smallest absolute Gasteiger partial charge is 0.265 e. The minimum absolute atomic E-state index is 0.191. The van der Waals surface area contributed by atoms with Crippen molar-refractivity contribution in [2.45, 2.75) is 20.0 Å². The number of hydrogen-bond donors (Lipinski definition) is 1. The molecule has 0 bridgehead atoms. The number of ether oxygens (including phenoxy) is 2. The molecule has 0 radical (unpaired) electrons. The van der Waals surface area contributed by atoms with Crippen LogP contribution in [-0.2, 0) is 4.79 Å². The van der Waals surface area contributed by atoms with Crippen LogP contribution >= 0.6 is 0 Å². The fourth-order valence-electron chi connectivity index (χ4n) is 1.90. The quantitative estimate of drug-likeness (QED) is 0.915. The third-order valence-corrected chi connectivity index (χ3v) is 3.01. The summed E-state index contributed by atoms with van der Waals surface area (Å²) in [5.41, 5.74) is 1.86. The van der Waals surface area contributed by atoms with E-state index in [0.717, 1.165) is 11.3 Å². The molecule has 0 heterocycles. The van der Waals surface area contributed by atoms with E-state index >= 15 is 0 Å². The number of anilines is 1. The molecule has 4 nitrogen and oxygen atoms in total. The molecule has 0 aromatic heterocycles. The number of aryl methyl sites for hydroxylation is 1. The van der Waals surface area contributed by atoms with Gasteiger partial charge in [-0.15, -0.1) is 0 Å². The van der Waals surface area contributed by atoms with Crippen LogP contribution in [0.2, 0.25) is 0 Å². The van der Waals surface area contributed by atoms with Crippen molar-refractivity contribution >= 4 is 11.6 Å². The average molecular weight is 285 g/mol. The molecular weight excluding hydrogens is 266 g/mol. The number of nitrogens with one attached hydrogen (secondary N) is 1. The lowest BCUT2D eigenvalue weighted by atomic mass is 10.2. The molecule has 0 aliphatic heterocycles. The van der Waals surface area contributed by atoms with Gasteiger partial charge < -0.3 is 14.8 Å². The zero-order valence-corrected chi connectivity index (χ0v) is 12.4. The van der Waals surface area contributed by atoms with Crippen molar-refractivity contribution in [3.05, 3.63) is 54.1 Å². The SMILES string of the molecule is COc1cccc(O[C@H](C)C(=O)Nc2cccc(C)c2)c1. The molecule has 1 N–H and O–H groups in total. The maximum Gasteiger partial charge on any atom is 0.265 e. The predicted octanol–water partition coefficient (Wildman–Crippen LogP) is 3.41. The first-order valence-electron chi connectivity index (χ1n) is 6.77. The summed E-state index contributed by atoms with van der Waals surface area (Å²) in [7, 11) is 1.59. The van der Waals surface area contributed by atoms with E-state index in [1.54, 1.807) is 26.2 Å². The Labute approximate surface area is 124 Å². The summed E-state index contributed by atoms with van der Waals surface area (Å²) in [5, 5.41) is 2.84. The average Bonchev–Trinajstić information content (AvgIpc) is 2.47. The van der Waals surface area contributed by atoms with Crippen LogP contribution in [0.5, 0.6) is 11.5 Å². The van der Waals surface area contributed by atoms with Gasteiger partial charge in [0, 0.05) is 11.8 Å². The van der Waals surface area contributed by atoms with E-state index in [-0.39, 0.29) is 5.91 Å². The Kier molecular flexibility index (Phi) is 4.82. The Hall–Kier alpha value is -2.49. The van der Waals surface area contributed by atoms with Crippen molar-refractivity contribution in [3.63, 3.8) is 0 Å². The Morgan fingerprint density at radius 2 is 1.81 bits per heavy atom. The highest BCUT2D eigenvalue weighted by molar-refractivity contribution is 5.94. The molecule has 1 amide bonds. The molecule has 2 rings (SSSR count). The van der Waals surface area contributed by atoms with E-state index in [1.807, 2.05) is 43.3 Å². The zero-order chi connectivity index (χ0) is 15.2. The first-order chi connectivity index (χ1) is 10.1. The molecule has 2 aromatic rings. The Bertz CT molecular complexity index is 625. The number of benzene rings is 2. The van der Waals surface area contributed by atoms with E-state index in [9.17, 15) is 4.79 Å². The first-order valence-corrected chi connectivity index (χ1v) is 6.77. The van der Waals surface area contributed by atoms with Crippen molar-refractivity contribution in [2.24, 2.45) is 0 Å². The van der Waals surface area contributed by atoms with Gasteiger partial charge in [0.15, 0.2) is 6.10 Å². The van der Waals surface area contributed by atoms with Gasteiger partial charge in [0.05, 0.1) is 7.11 Å². The molecule has 0 saturated heterocycles. The van der Waals surface area contributed by atoms with Gasteiger partial charge in [-0.25, -0.2) is 0 Å². The summed E-state index contributed by atoms with van der Waals surface area (Å²) in [6.45, 7) is 3.69. The lowest BCUT2D eigenvalue weighted by Gasteiger charge is -2.15. The maximum absolute atomic E-state index is 12.1. The van der Waals surface area contributed by atoms with Crippen LogP contribution in [-0.4, -0.2) is 19.1 Å². The molecule has 21 heavy (non-hydrogen) atoms. The minimum Gasteiger partial charge on any atom is -0.497 e. The van der Waals surface area contributed by atoms with Crippen molar-refractivity contribution in [1.29, 1.82) is 0 Å². The molecule has 0 spiro atoms. The topological polar surface area (TPSA) is 47.6 Å². The predicted molar refractivity (Wildman–Crippen MR) is 82.9 cm³/mol. The summed E-state index contributed by atoms with van der Waals surface area (Å²) in [5.74, 6) is 1.10. The van der Waals surface area contributed by atoms with Crippen LogP contribution < -0.4 is 14.8 Å². The summed E-state index contributed by atoms with van der Waals surface area (Å²) < 4.78 is 10.8. The van der Waals surface area contributed by atoms with Crippen molar-refractivity contribution in [3.8, 4) is 11.5 Å². The third kappa shape index (κ3) is 4.24. The fraction of sp³-hybridized carbons (Fsp3) is 0.235. The van der Waals surface area contributed by atoms with Crippen LogP contribution in [0.4, 0.5) is 5.69 Å². The Balaban J connectivity index is 1.99. The third-order valence-electron chi connectivity index (χ3n) is 3.01. The van der Waals surface area contributed by atoms with Crippen LogP contribution in [0.15, 0.2) is 48.5 Å². The molecule has 0 unspecified atom stereocenters. The molecule has 0 fully saturated rings. The second-order valence-electron chi connectivity index (χ2n) is 4.80. The molecule has 4 heteroatoms. The Morgan fingerprint density at radius 1 is 1.10 bits per heavy atom. The number of carbonyl (C=O) groups is 1. The van der Waals surface area contributed by atoms with E-state index in [0.29, 0.717) is 11.5 Å². The van der Waals surface area contributed by atoms with Gasteiger partial charge in [-0.3, -0.25) is 4.79 Å². The molecule has 0 aliphatic carbocycles. The number of amides is 1. The van der Waals surface area contributed by atoms with Gasteiger partial charge in [-0.1, -0.05) is 18.2 Å². The normalized spacial score (nSPS) is 11.6. The van der Waals surface area contributed by atoms with Crippen LogP contribution in [0, 0.1) is 6.92 Å². The summed E-state index contributed by atoms with van der Waals surface area (Å²) in [6.07, 6.45) is -0.599. The highest BCUT2D eigenvalue weighted by Gasteiger charge is 2.15. The molecule has 0 saturated carbocycles. The zero-order valence-electron chi connectivity index (χ0n) is 12.4. The highest BCUT2D eigenvalue weighted by Crippen LogP contribution is 2.20. The number of methoxy groups -OCH3 is 1. The Morgan fingerprint density at radius 3 is 2.52 bits per heavy atom. The summed E-state index contributed by atoms with van der Waals surface area (Å²) in [6, 6.07) is 14.8. The van der Waals surface area contributed by atoms with Crippen LogP contribution in [0.25, 0.3) is 0 Å². The van der Waals surface area contributed by atoms with Gasteiger partial charge in [0.25, 0.3) is 5.91 Å². The van der Waals surface area contributed by atoms with Gasteiger partial charge >= 0.3 is 0 Å². The first kappa shape index (κ1) is 14.9. The summed E-state index contributed by atoms with van der Waals surface area (Å²) in [4.78, 5) is 12.1. The van der Waals surface area contributed by atoms with Gasteiger partial charge in [-0.05, 0) is 43.7 Å². The van der Waals surface area contributed by atoms with E-state index in [2.05, 4.69) is 5.32 Å². The van der Waals surface area contributed by atoms with E-state index < -0.39 is 6.10 Å². The summed E-state index contributed by atoms with van der Waals surface area (Å²) >= 11 is 0. The molecule has 1 atom stereocenters. The van der Waals surface area contributed by atoms with Gasteiger partial charge in [0.1, 0.15) is 11.5 Å². The van der Waals surface area contributed by atoms with Crippen molar-refractivity contribution < 1.29 is 14.3 Å². The monoisotopic (exact) mass is 285 g/mol. The number of rotatable bonds is 5.